The molecule has 0 radical (unpaired) electrons. The van der Waals surface area contributed by atoms with Crippen LogP contribution in [0, 0.1) is 0 Å². The number of hydrogen-bond acceptors (Lipinski definition) is 4. The van der Waals surface area contributed by atoms with Crippen LogP contribution in [0.1, 0.15) is 12.8 Å². The number of nitrogen functional groups attached to an aromatic ring is 1. The minimum atomic E-state index is 0.0194. The van der Waals surface area contributed by atoms with E-state index in [9.17, 15) is 4.79 Å². The second-order valence-corrected chi connectivity index (χ2v) is 5.48. The first-order valence-electron chi connectivity index (χ1n) is 6.42. The Morgan fingerprint density at radius 2 is 2.05 bits per heavy atom. The summed E-state index contributed by atoms with van der Waals surface area (Å²) in [7, 11) is 0. The van der Waals surface area contributed by atoms with E-state index in [1.807, 2.05) is 24.3 Å². The van der Waals surface area contributed by atoms with Crippen molar-refractivity contribution < 1.29 is 4.79 Å². The number of amides is 1. The fraction of sp³-hybridized carbons (Fsp3) is 0.200. The monoisotopic (exact) mass is 287 g/mol. The smallest absolute Gasteiger partial charge is 0.224 e. The molecule has 1 heterocycles. The van der Waals surface area contributed by atoms with E-state index >= 15 is 0 Å². The van der Waals surface area contributed by atoms with Crippen LogP contribution in [0.2, 0.25) is 0 Å². The van der Waals surface area contributed by atoms with E-state index in [0.717, 1.165) is 17.9 Å². The first-order chi connectivity index (χ1) is 9.74. The molecule has 0 spiro atoms. The fourth-order valence-corrected chi connectivity index (χ4v) is 2.54. The molecule has 0 unspecified atom stereocenters. The van der Waals surface area contributed by atoms with Crippen LogP contribution in [-0.4, -0.2) is 16.6 Å². The zero-order chi connectivity index (χ0) is 14.2. The molecular formula is C15H17N3OS. The van der Waals surface area contributed by atoms with Crippen molar-refractivity contribution in [2.45, 2.75) is 17.7 Å². The predicted molar refractivity (Wildman–Crippen MR) is 83.7 cm³/mol. The highest BCUT2D eigenvalue weighted by Gasteiger charge is 2.02. The first-order valence-corrected chi connectivity index (χ1v) is 7.41. The Morgan fingerprint density at radius 3 is 2.80 bits per heavy atom. The quantitative estimate of drug-likeness (QED) is 0.486. The summed E-state index contributed by atoms with van der Waals surface area (Å²) in [5, 5.41) is 2.84. The Hall–Kier alpha value is -2.01. The number of rotatable bonds is 6. The standard InChI is InChI=1S/C15H17N3OS/c16-12-3-1-4-13(11-12)18-15(19)5-2-10-20-14-6-8-17-9-7-14/h1,3-4,6-9,11H,2,5,10,16H2,(H,18,19). The van der Waals surface area contributed by atoms with Gasteiger partial charge in [-0.2, -0.15) is 0 Å². The number of carbonyl (C=O) groups excluding carboxylic acids is 1. The molecule has 5 heteroatoms. The molecule has 2 aromatic rings. The van der Waals surface area contributed by atoms with Gasteiger partial charge in [-0.05, 0) is 42.5 Å². The molecular weight excluding hydrogens is 270 g/mol. The van der Waals surface area contributed by atoms with Gasteiger partial charge in [0.05, 0.1) is 0 Å². The lowest BCUT2D eigenvalue weighted by Gasteiger charge is -2.06. The average molecular weight is 287 g/mol. The maximum atomic E-state index is 11.8. The topological polar surface area (TPSA) is 68.0 Å². The van der Waals surface area contributed by atoms with Crippen molar-refractivity contribution in [2.24, 2.45) is 0 Å². The van der Waals surface area contributed by atoms with Crippen molar-refractivity contribution in [3.05, 3.63) is 48.8 Å². The Bertz CT molecular complexity index is 560. The van der Waals surface area contributed by atoms with Crippen LogP contribution in [0.4, 0.5) is 11.4 Å². The molecule has 1 amide bonds. The second kappa shape index (κ2) is 7.55. The average Bonchev–Trinajstić information content (AvgIpc) is 2.45. The van der Waals surface area contributed by atoms with Crippen molar-refractivity contribution in [3.8, 4) is 0 Å². The molecule has 4 nitrogen and oxygen atoms in total. The molecule has 3 N–H and O–H groups in total. The van der Waals surface area contributed by atoms with E-state index < -0.39 is 0 Å². The van der Waals surface area contributed by atoms with Gasteiger partial charge in [0, 0.05) is 35.1 Å². The van der Waals surface area contributed by atoms with Crippen LogP contribution in [-0.2, 0) is 4.79 Å². The van der Waals surface area contributed by atoms with E-state index in [4.69, 9.17) is 5.73 Å². The number of aromatic nitrogens is 1. The van der Waals surface area contributed by atoms with Crippen molar-refractivity contribution in [3.63, 3.8) is 0 Å². The predicted octanol–water partition coefficient (Wildman–Crippen LogP) is 3.17. The molecule has 0 saturated heterocycles. The SMILES string of the molecule is Nc1cccc(NC(=O)CCCSc2ccncc2)c1. The maximum absolute atomic E-state index is 11.8. The van der Waals surface area contributed by atoms with E-state index in [-0.39, 0.29) is 5.91 Å². The number of thioether (sulfide) groups is 1. The van der Waals surface area contributed by atoms with Crippen LogP contribution in [0.15, 0.2) is 53.7 Å². The minimum Gasteiger partial charge on any atom is -0.399 e. The summed E-state index contributed by atoms with van der Waals surface area (Å²) in [5.74, 6) is 0.930. The third-order valence-electron chi connectivity index (χ3n) is 2.64. The molecule has 0 bridgehead atoms. The lowest BCUT2D eigenvalue weighted by Crippen LogP contribution is -2.11. The molecule has 0 fully saturated rings. The van der Waals surface area contributed by atoms with Crippen LogP contribution in [0.5, 0.6) is 0 Å². The molecule has 0 saturated carbocycles. The Balaban J connectivity index is 1.68. The number of carbonyl (C=O) groups is 1. The van der Waals surface area contributed by atoms with Crippen LogP contribution >= 0.6 is 11.8 Å². The van der Waals surface area contributed by atoms with E-state index in [2.05, 4.69) is 10.3 Å². The number of nitrogens with two attached hydrogens (primary N) is 1. The van der Waals surface area contributed by atoms with E-state index in [0.29, 0.717) is 12.1 Å². The molecule has 0 aliphatic rings. The van der Waals surface area contributed by atoms with Gasteiger partial charge in [0.15, 0.2) is 0 Å². The van der Waals surface area contributed by atoms with Crippen molar-refractivity contribution in [2.75, 3.05) is 16.8 Å². The summed E-state index contributed by atoms with van der Waals surface area (Å²) in [6.45, 7) is 0. The number of pyridine rings is 1. The lowest BCUT2D eigenvalue weighted by molar-refractivity contribution is -0.116. The second-order valence-electron chi connectivity index (χ2n) is 4.31. The van der Waals surface area contributed by atoms with Gasteiger partial charge in [-0.3, -0.25) is 9.78 Å². The van der Waals surface area contributed by atoms with Gasteiger partial charge in [0.1, 0.15) is 0 Å². The first kappa shape index (κ1) is 14.4. The van der Waals surface area contributed by atoms with Gasteiger partial charge >= 0.3 is 0 Å². The van der Waals surface area contributed by atoms with Gasteiger partial charge in [0.25, 0.3) is 0 Å². The Morgan fingerprint density at radius 1 is 1.25 bits per heavy atom. The van der Waals surface area contributed by atoms with Crippen molar-refractivity contribution >= 4 is 29.0 Å². The lowest BCUT2D eigenvalue weighted by atomic mass is 10.2. The van der Waals surface area contributed by atoms with Crippen molar-refractivity contribution in [1.29, 1.82) is 0 Å². The molecule has 2 rings (SSSR count). The molecule has 104 valence electrons. The molecule has 20 heavy (non-hydrogen) atoms. The van der Waals surface area contributed by atoms with Gasteiger partial charge < -0.3 is 11.1 Å². The number of anilines is 2. The number of hydrogen-bond donors (Lipinski definition) is 2. The highest BCUT2D eigenvalue weighted by molar-refractivity contribution is 7.99. The van der Waals surface area contributed by atoms with Gasteiger partial charge in [0.2, 0.25) is 5.91 Å². The molecule has 1 aromatic carbocycles. The number of nitrogens with zero attached hydrogens (tertiary/aromatic N) is 1. The summed E-state index contributed by atoms with van der Waals surface area (Å²) < 4.78 is 0. The summed E-state index contributed by atoms with van der Waals surface area (Å²) in [5.41, 5.74) is 7.06. The molecule has 0 aliphatic heterocycles. The number of nitrogens with one attached hydrogen (secondary N) is 1. The van der Waals surface area contributed by atoms with E-state index in [1.165, 1.54) is 4.90 Å². The summed E-state index contributed by atoms with van der Waals surface area (Å²) in [6.07, 6.45) is 4.89. The fourth-order valence-electron chi connectivity index (χ4n) is 1.70. The van der Waals surface area contributed by atoms with Gasteiger partial charge in [-0.1, -0.05) is 6.07 Å². The Labute approximate surface area is 122 Å². The highest BCUT2D eigenvalue weighted by Crippen LogP contribution is 2.18. The summed E-state index contributed by atoms with van der Waals surface area (Å²) >= 11 is 1.73. The van der Waals surface area contributed by atoms with E-state index in [1.54, 1.807) is 36.3 Å². The minimum absolute atomic E-state index is 0.0194. The van der Waals surface area contributed by atoms with Crippen LogP contribution in [0.3, 0.4) is 0 Å². The zero-order valence-corrected chi connectivity index (χ0v) is 11.9. The molecule has 0 aliphatic carbocycles. The third kappa shape index (κ3) is 4.93. The van der Waals surface area contributed by atoms with Gasteiger partial charge in [-0.25, -0.2) is 0 Å². The van der Waals surface area contributed by atoms with Crippen LogP contribution < -0.4 is 11.1 Å². The van der Waals surface area contributed by atoms with Gasteiger partial charge in [-0.15, -0.1) is 11.8 Å². The third-order valence-corrected chi connectivity index (χ3v) is 3.74. The van der Waals surface area contributed by atoms with Crippen LogP contribution in [0.25, 0.3) is 0 Å². The maximum Gasteiger partial charge on any atom is 0.224 e. The summed E-state index contributed by atoms with van der Waals surface area (Å²) in [6, 6.07) is 11.1. The highest BCUT2D eigenvalue weighted by atomic mass is 32.2. The Kier molecular flexibility index (Phi) is 5.43. The largest absolute Gasteiger partial charge is 0.399 e. The zero-order valence-electron chi connectivity index (χ0n) is 11.1. The molecule has 1 aromatic heterocycles. The van der Waals surface area contributed by atoms with Crippen molar-refractivity contribution in [1.82, 2.24) is 4.98 Å². The normalized spacial score (nSPS) is 10.2. The number of benzene rings is 1. The summed E-state index contributed by atoms with van der Waals surface area (Å²) in [4.78, 5) is 16.9. The molecule has 0 atom stereocenters.